The zero-order valence-electron chi connectivity index (χ0n) is 12.4. The summed E-state index contributed by atoms with van der Waals surface area (Å²) < 4.78 is 0. The van der Waals surface area contributed by atoms with E-state index in [1.54, 1.807) is 0 Å². The van der Waals surface area contributed by atoms with Gasteiger partial charge in [-0.2, -0.15) is 0 Å². The molecule has 1 N–H and O–H groups in total. The van der Waals surface area contributed by atoms with Gasteiger partial charge in [0, 0.05) is 25.7 Å². The largest absolute Gasteiger partial charge is 0.313 e. The molecule has 102 valence electrons. The minimum Gasteiger partial charge on any atom is -0.313 e. The first kappa shape index (κ1) is 14.9. The summed E-state index contributed by atoms with van der Waals surface area (Å²) in [6, 6.07) is 0.712. The SMILES string of the molecule is CCNC1CCCN(CC(C)(C)CN(C)C)C1. The van der Waals surface area contributed by atoms with Gasteiger partial charge in [0.15, 0.2) is 0 Å². The van der Waals surface area contributed by atoms with E-state index in [2.05, 4.69) is 50.0 Å². The molecule has 0 spiro atoms. The number of nitrogens with one attached hydrogen (secondary N) is 1. The number of hydrogen-bond donors (Lipinski definition) is 1. The van der Waals surface area contributed by atoms with E-state index in [1.807, 2.05) is 0 Å². The Labute approximate surface area is 108 Å². The molecule has 1 aliphatic heterocycles. The molecule has 3 nitrogen and oxygen atoms in total. The van der Waals surface area contributed by atoms with Crippen molar-refractivity contribution in [2.45, 2.75) is 39.7 Å². The topological polar surface area (TPSA) is 18.5 Å². The molecule has 3 heteroatoms. The van der Waals surface area contributed by atoms with Gasteiger partial charge in [-0.15, -0.1) is 0 Å². The highest BCUT2D eigenvalue weighted by molar-refractivity contribution is 4.82. The normalized spacial score (nSPS) is 23.3. The van der Waals surface area contributed by atoms with Gasteiger partial charge in [0.25, 0.3) is 0 Å². The average Bonchev–Trinajstić information content (AvgIpc) is 2.15. The van der Waals surface area contributed by atoms with Crippen LogP contribution in [0.2, 0.25) is 0 Å². The molecule has 1 aliphatic rings. The van der Waals surface area contributed by atoms with Crippen LogP contribution in [0.3, 0.4) is 0 Å². The van der Waals surface area contributed by atoms with Crippen molar-refractivity contribution in [2.24, 2.45) is 5.41 Å². The third-order valence-corrected chi connectivity index (χ3v) is 3.39. The number of rotatable bonds is 6. The van der Waals surface area contributed by atoms with E-state index in [-0.39, 0.29) is 0 Å². The van der Waals surface area contributed by atoms with E-state index >= 15 is 0 Å². The zero-order chi connectivity index (χ0) is 12.9. The molecule has 0 aromatic carbocycles. The Morgan fingerprint density at radius 1 is 1.35 bits per heavy atom. The molecule has 17 heavy (non-hydrogen) atoms. The van der Waals surface area contributed by atoms with Gasteiger partial charge >= 0.3 is 0 Å². The third kappa shape index (κ3) is 5.84. The van der Waals surface area contributed by atoms with E-state index in [4.69, 9.17) is 0 Å². The fraction of sp³-hybridized carbons (Fsp3) is 1.00. The summed E-state index contributed by atoms with van der Waals surface area (Å²) in [5.41, 5.74) is 0.387. The summed E-state index contributed by atoms with van der Waals surface area (Å²) in [5, 5.41) is 3.59. The molecule has 0 aromatic rings. The van der Waals surface area contributed by atoms with E-state index in [0.717, 1.165) is 13.1 Å². The standard InChI is InChI=1S/C14H31N3/c1-6-15-13-8-7-9-17(10-13)12-14(2,3)11-16(4)5/h13,15H,6-12H2,1-5H3. The van der Waals surface area contributed by atoms with Crippen LogP contribution in [0.4, 0.5) is 0 Å². The van der Waals surface area contributed by atoms with Crippen LogP contribution in [0.1, 0.15) is 33.6 Å². The van der Waals surface area contributed by atoms with Crippen LogP contribution in [-0.4, -0.2) is 62.7 Å². The van der Waals surface area contributed by atoms with Crippen LogP contribution >= 0.6 is 0 Å². The second-order valence-corrected chi connectivity index (χ2v) is 6.53. The molecule has 1 saturated heterocycles. The second-order valence-electron chi connectivity index (χ2n) is 6.53. The van der Waals surface area contributed by atoms with Crippen LogP contribution in [-0.2, 0) is 0 Å². The first-order valence-corrected chi connectivity index (χ1v) is 7.03. The van der Waals surface area contributed by atoms with Gasteiger partial charge in [-0.25, -0.2) is 0 Å². The van der Waals surface area contributed by atoms with Crippen molar-refractivity contribution in [1.29, 1.82) is 0 Å². The maximum absolute atomic E-state index is 3.59. The van der Waals surface area contributed by atoms with Gasteiger partial charge in [0.05, 0.1) is 0 Å². The third-order valence-electron chi connectivity index (χ3n) is 3.39. The average molecular weight is 241 g/mol. The molecule has 1 rings (SSSR count). The lowest BCUT2D eigenvalue weighted by Gasteiger charge is -2.39. The Morgan fingerprint density at radius 2 is 2.06 bits per heavy atom. The number of nitrogens with zero attached hydrogens (tertiary/aromatic N) is 2. The lowest BCUT2D eigenvalue weighted by atomic mass is 9.91. The van der Waals surface area contributed by atoms with Crippen LogP contribution in [0.5, 0.6) is 0 Å². The highest BCUT2D eigenvalue weighted by Gasteiger charge is 2.26. The van der Waals surface area contributed by atoms with Gasteiger partial charge in [0.2, 0.25) is 0 Å². The van der Waals surface area contributed by atoms with Gasteiger partial charge in [0.1, 0.15) is 0 Å². The van der Waals surface area contributed by atoms with E-state index in [0.29, 0.717) is 11.5 Å². The Kier molecular flexibility index (Phi) is 5.90. The smallest absolute Gasteiger partial charge is 0.0195 e. The van der Waals surface area contributed by atoms with Crippen molar-refractivity contribution >= 4 is 0 Å². The molecule has 1 fully saturated rings. The highest BCUT2D eigenvalue weighted by atomic mass is 15.2. The molecular weight excluding hydrogens is 210 g/mol. The van der Waals surface area contributed by atoms with Crippen LogP contribution < -0.4 is 5.32 Å². The van der Waals surface area contributed by atoms with Gasteiger partial charge in [-0.1, -0.05) is 20.8 Å². The van der Waals surface area contributed by atoms with Crippen molar-refractivity contribution < 1.29 is 0 Å². The van der Waals surface area contributed by atoms with Crippen molar-refractivity contribution in [3.63, 3.8) is 0 Å². The quantitative estimate of drug-likeness (QED) is 0.763. The Morgan fingerprint density at radius 3 is 2.65 bits per heavy atom. The molecule has 0 amide bonds. The maximum Gasteiger partial charge on any atom is 0.0195 e. The Balaban J connectivity index is 2.39. The number of likely N-dealkylation sites (tertiary alicyclic amines) is 1. The van der Waals surface area contributed by atoms with Gasteiger partial charge < -0.3 is 15.1 Å². The summed E-state index contributed by atoms with van der Waals surface area (Å²) >= 11 is 0. The molecular formula is C14H31N3. The molecule has 0 aromatic heterocycles. The molecule has 1 atom stereocenters. The molecule has 1 heterocycles. The first-order valence-electron chi connectivity index (χ1n) is 7.03. The Bertz CT molecular complexity index is 212. The molecule has 0 saturated carbocycles. The minimum absolute atomic E-state index is 0.387. The highest BCUT2D eigenvalue weighted by Crippen LogP contribution is 2.20. The van der Waals surface area contributed by atoms with Crippen molar-refractivity contribution in [1.82, 2.24) is 15.1 Å². The van der Waals surface area contributed by atoms with Crippen molar-refractivity contribution in [3.8, 4) is 0 Å². The predicted molar refractivity (Wildman–Crippen MR) is 75.5 cm³/mol. The molecule has 1 unspecified atom stereocenters. The Hall–Kier alpha value is -0.120. The first-order chi connectivity index (χ1) is 7.93. The fourth-order valence-corrected chi connectivity index (χ4v) is 3.17. The van der Waals surface area contributed by atoms with Crippen molar-refractivity contribution in [3.05, 3.63) is 0 Å². The zero-order valence-corrected chi connectivity index (χ0v) is 12.4. The van der Waals surface area contributed by atoms with Crippen molar-refractivity contribution in [2.75, 3.05) is 46.8 Å². The van der Waals surface area contributed by atoms with E-state index < -0.39 is 0 Å². The van der Waals surface area contributed by atoms with Crippen LogP contribution in [0, 0.1) is 5.41 Å². The summed E-state index contributed by atoms with van der Waals surface area (Å²) in [4.78, 5) is 4.94. The lowest BCUT2D eigenvalue weighted by molar-refractivity contribution is 0.112. The van der Waals surface area contributed by atoms with E-state index in [1.165, 1.54) is 32.5 Å². The summed E-state index contributed by atoms with van der Waals surface area (Å²) in [5.74, 6) is 0. The minimum atomic E-state index is 0.387. The molecule has 0 radical (unpaired) electrons. The fourth-order valence-electron chi connectivity index (χ4n) is 3.17. The summed E-state index contributed by atoms with van der Waals surface area (Å²) in [6.07, 6.45) is 2.69. The molecule has 0 aliphatic carbocycles. The predicted octanol–water partition coefficient (Wildman–Crippen LogP) is 1.65. The summed E-state index contributed by atoms with van der Waals surface area (Å²) in [7, 11) is 4.33. The number of hydrogen-bond acceptors (Lipinski definition) is 3. The van der Waals surface area contributed by atoms with E-state index in [9.17, 15) is 0 Å². The van der Waals surface area contributed by atoms with Gasteiger partial charge in [-0.3, -0.25) is 0 Å². The van der Waals surface area contributed by atoms with Crippen LogP contribution in [0.15, 0.2) is 0 Å². The van der Waals surface area contributed by atoms with Crippen LogP contribution in [0.25, 0.3) is 0 Å². The molecule has 0 bridgehead atoms. The summed E-state index contributed by atoms with van der Waals surface area (Å²) in [6.45, 7) is 12.9. The second kappa shape index (κ2) is 6.72. The lowest BCUT2D eigenvalue weighted by Crippen LogP contribution is -2.49. The maximum atomic E-state index is 3.59. The van der Waals surface area contributed by atoms with Gasteiger partial charge in [-0.05, 0) is 45.4 Å². The number of piperidine rings is 1. The monoisotopic (exact) mass is 241 g/mol. The number of likely N-dealkylation sites (N-methyl/N-ethyl adjacent to an activating group) is 1.